The lowest BCUT2D eigenvalue weighted by molar-refractivity contribution is -0.142. The van der Waals surface area contributed by atoms with Crippen LogP contribution in [0.5, 0.6) is 0 Å². The Morgan fingerprint density at radius 2 is 1.38 bits per heavy atom. The normalized spacial score (nSPS) is 14.2. The van der Waals surface area contributed by atoms with Gasteiger partial charge in [-0.2, -0.15) is 0 Å². The van der Waals surface area contributed by atoms with Gasteiger partial charge in [0.15, 0.2) is 5.96 Å². The van der Waals surface area contributed by atoms with Crippen molar-refractivity contribution in [3.8, 4) is 0 Å². The molecule has 0 aliphatic heterocycles. The van der Waals surface area contributed by atoms with Crippen LogP contribution in [-0.2, 0) is 25.6 Å². The molecule has 4 atom stereocenters. The Hall–Kier alpha value is -3.67. The average molecular weight is 520 g/mol. The summed E-state index contributed by atoms with van der Waals surface area (Å²) in [5.41, 5.74) is 17.2. The number of guanidine groups is 1. The van der Waals surface area contributed by atoms with Crippen LogP contribution in [0.3, 0.4) is 0 Å². The van der Waals surface area contributed by atoms with Crippen molar-refractivity contribution in [1.29, 1.82) is 0 Å². The summed E-state index contributed by atoms with van der Waals surface area (Å²) in [6.45, 7) is 7.28. The van der Waals surface area contributed by atoms with Crippen LogP contribution in [0.15, 0.2) is 35.3 Å². The summed E-state index contributed by atoms with van der Waals surface area (Å²) in [5.74, 6) is -3.61. The standard InChI is InChI=1S/C25H41N7O5/c1-14(2)19(22(34)30-18(24(36)37)13-16-9-6-5-7-10-16)32-23(35)20(15(3)4)31-21(33)17(26)11-8-12-29-25(27)28/h5-7,9-10,14-15,17-20H,8,11-13,26H2,1-4H3,(H,30,34)(H,31,33)(H,32,35)(H,36,37)(H4,27,28,29). The van der Waals surface area contributed by atoms with Crippen LogP contribution >= 0.6 is 0 Å². The zero-order valence-corrected chi connectivity index (χ0v) is 21.9. The lowest BCUT2D eigenvalue weighted by Crippen LogP contribution is -2.59. The number of benzene rings is 1. The summed E-state index contributed by atoms with van der Waals surface area (Å²) in [6.07, 6.45) is 0.880. The van der Waals surface area contributed by atoms with Crippen LogP contribution in [0, 0.1) is 11.8 Å². The van der Waals surface area contributed by atoms with E-state index in [0.29, 0.717) is 19.4 Å². The lowest BCUT2D eigenvalue weighted by atomic mass is 9.98. The number of nitrogens with one attached hydrogen (secondary N) is 3. The predicted molar refractivity (Wildman–Crippen MR) is 141 cm³/mol. The molecule has 3 amide bonds. The largest absolute Gasteiger partial charge is 0.480 e. The van der Waals surface area contributed by atoms with E-state index in [1.54, 1.807) is 52.0 Å². The molecule has 4 unspecified atom stereocenters. The molecule has 10 N–H and O–H groups in total. The van der Waals surface area contributed by atoms with Crippen molar-refractivity contribution in [2.45, 2.75) is 71.1 Å². The molecule has 0 aromatic heterocycles. The van der Waals surface area contributed by atoms with Crippen LogP contribution in [0.1, 0.15) is 46.1 Å². The number of nitrogens with zero attached hydrogens (tertiary/aromatic N) is 1. The summed E-state index contributed by atoms with van der Waals surface area (Å²) in [6, 6.07) is 4.89. The third-order valence-electron chi connectivity index (χ3n) is 5.70. The third kappa shape index (κ3) is 11.3. The second-order valence-corrected chi connectivity index (χ2v) is 9.60. The van der Waals surface area contributed by atoms with E-state index in [1.807, 2.05) is 6.07 Å². The Bertz CT molecular complexity index is 933. The van der Waals surface area contributed by atoms with E-state index < -0.39 is 47.9 Å². The molecular formula is C25H41N7O5. The quantitative estimate of drug-likeness (QED) is 0.0905. The summed E-state index contributed by atoms with van der Waals surface area (Å²) < 4.78 is 0. The molecule has 0 saturated heterocycles. The number of carboxylic acids is 1. The highest BCUT2D eigenvalue weighted by molar-refractivity contribution is 5.94. The van der Waals surface area contributed by atoms with Gasteiger partial charge >= 0.3 is 5.97 Å². The molecule has 0 aliphatic rings. The van der Waals surface area contributed by atoms with Crippen molar-refractivity contribution in [3.05, 3.63) is 35.9 Å². The Balaban J connectivity index is 2.85. The van der Waals surface area contributed by atoms with E-state index in [-0.39, 0.29) is 24.2 Å². The number of aliphatic imine (C=N–C) groups is 1. The molecule has 0 bridgehead atoms. The van der Waals surface area contributed by atoms with Crippen molar-refractivity contribution < 1.29 is 24.3 Å². The minimum absolute atomic E-state index is 0.0481. The van der Waals surface area contributed by atoms with E-state index in [2.05, 4.69) is 20.9 Å². The van der Waals surface area contributed by atoms with Gasteiger partial charge in [-0.15, -0.1) is 0 Å². The van der Waals surface area contributed by atoms with Crippen molar-refractivity contribution in [1.82, 2.24) is 16.0 Å². The van der Waals surface area contributed by atoms with Gasteiger partial charge in [-0.25, -0.2) is 4.79 Å². The SMILES string of the molecule is CC(C)C(NC(=O)C(N)CCCN=C(N)N)C(=O)NC(C(=O)NC(Cc1ccccc1)C(=O)O)C(C)C. The number of rotatable bonds is 15. The van der Waals surface area contributed by atoms with Gasteiger partial charge in [-0.3, -0.25) is 19.4 Å². The molecule has 0 heterocycles. The van der Waals surface area contributed by atoms with Gasteiger partial charge in [0.2, 0.25) is 17.7 Å². The highest BCUT2D eigenvalue weighted by Crippen LogP contribution is 2.09. The molecule has 0 radical (unpaired) electrons. The van der Waals surface area contributed by atoms with Gasteiger partial charge < -0.3 is 38.3 Å². The van der Waals surface area contributed by atoms with Crippen LogP contribution in [0.25, 0.3) is 0 Å². The topological polar surface area (TPSA) is 215 Å². The van der Waals surface area contributed by atoms with Gasteiger partial charge in [-0.05, 0) is 30.2 Å². The zero-order chi connectivity index (χ0) is 28.1. The number of amides is 3. The van der Waals surface area contributed by atoms with E-state index >= 15 is 0 Å². The second kappa shape index (κ2) is 15.4. The molecule has 0 fully saturated rings. The molecule has 12 nitrogen and oxygen atoms in total. The summed E-state index contributed by atoms with van der Waals surface area (Å²) >= 11 is 0. The minimum atomic E-state index is -1.19. The van der Waals surface area contributed by atoms with Gasteiger partial charge in [0, 0.05) is 13.0 Å². The van der Waals surface area contributed by atoms with Gasteiger partial charge in [0.05, 0.1) is 6.04 Å². The van der Waals surface area contributed by atoms with Crippen molar-refractivity contribution >= 4 is 29.7 Å². The molecule has 37 heavy (non-hydrogen) atoms. The van der Waals surface area contributed by atoms with E-state index in [4.69, 9.17) is 17.2 Å². The molecular weight excluding hydrogens is 478 g/mol. The van der Waals surface area contributed by atoms with Crippen molar-refractivity contribution in [2.24, 2.45) is 34.0 Å². The molecule has 206 valence electrons. The monoisotopic (exact) mass is 519 g/mol. The lowest BCUT2D eigenvalue weighted by Gasteiger charge is -2.28. The maximum Gasteiger partial charge on any atom is 0.326 e. The van der Waals surface area contributed by atoms with Crippen LogP contribution in [0.4, 0.5) is 0 Å². The third-order valence-corrected chi connectivity index (χ3v) is 5.70. The molecule has 1 aromatic carbocycles. The Kier molecular flexibility index (Phi) is 13.1. The van der Waals surface area contributed by atoms with Crippen LogP contribution < -0.4 is 33.2 Å². The second-order valence-electron chi connectivity index (χ2n) is 9.60. The number of hydrogen-bond acceptors (Lipinski definition) is 6. The first-order valence-electron chi connectivity index (χ1n) is 12.3. The molecule has 12 heteroatoms. The summed E-state index contributed by atoms with van der Waals surface area (Å²) in [7, 11) is 0. The minimum Gasteiger partial charge on any atom is -0.480 e. The Labute approximate surface area is 217 Å². The first-order valence-corrected chi connectivity index (χ1v) is 12.3. The first-order chi connectivity index (χ1) is 17.3. The predicted octanol–water partition coefficient (Wildman–Crippen LogP) is -0.539. The van der Waals surface area contributed by atoms with Gasteiger partial charge in [0.1, 0.15) is 18.1 Å². The summed E-state index contributed by atoms with van der Waals surface area (Å²) in [5, 5.41) is 17.5. The number of hydrogen-bond donors (Lipinski definition) is 7. The average Bonchev–Trinajstić information content (AvgIpc) is 2.82. The number of nitrogens with two attached hydrogens (primary N) is 3. The fourth-order valence-electron chi connectivity index (χ4n) is 3.54. The van der Waals surface area contributed by atoms with E-state index in [0.717, 1.165) is 5.56 Å². The molecule has 0 saturated carbocycles. The smallest absolute Gasteiger partial charge is 0.326 e. The maximum absolute atomic E-state index is 13.1. The highest BCUT2D eigenvalue weighted by Gasteiger charge is 2.33. The van der Waals surface area contributed by atoms with E-state index in [9.17, 15) is 24.3 Å². The van der Waals surface area contributed by atoms with Crippen molar-refractivity contribution in [2.75, 3.05) is 6.54 Å². The number of carboxylic acid groups (broad SMARTS) is 1. The number of aliphatic carboxylic acids is 1. The number of carbonyl (C=O) groups excluding carboxylic acids is 3. The van der Waals surface area contributed by atoms with Crippen LogP contribution in [-0.4, -0.2) is 65.5 Å². The fraction of sp³-hybridized carbons (Fsp3) is 0.560. The first kappa shape index (κ1) is 31.4. The molecule has 1 rings (SSSR count). The van der Waals surface area contributed by atoms with Crippen molar-refractivity contribution in [3.63, 3.8) is 0 Å². The number of carbonyl (C=O) groups is 4. The van der Waals surface area contributed by atoms with E-state index in [1.165, 1.54) is 0 Å². The van der Waals surface area contributed by atoms with Gasteiger partial charge in [0.25, 0.3) is 0 Å². The molecule has 0 spiro atoms. The maximum atomic E-state index is 13.1. The highest BCUT2D eigenvalue weighted by atomic mass is 16.4. The Morgan fingerprint density at radius 1 is 0.865 bits per heavy atom. The summed E-state index contributed by atoms with van der Waals surface area (Å²) in [4.78, 5) is 54.3. The molecule has 0 aliphatic carbocycles. The molecule has 1 aromatic rings. The van der Waals surface area contributed by atoms with Gasteiger partial charge in [-0.1, -0.05) is 58.0 Å². The zero-order valence-electron chi connectivity index (χ0n) is 21.9. The Morgan fingerprint density at radius 3 is 1.86 bits per heavy atom. The van der Waals surface area contributed by atoms with Crippen LogP contribution in [0.2, 0.25) is 0 Å². The fourth-order valence-corrected chi connectivity index (χ4v) is 3.54.